The smallest absolute Gasteiger partial charge is 0.251 e. The van der Waals surface area contributed by atoms with E-state index in [1.165, 1.54) is 31.5 Å². The van der Waals surface area contributed by atoms with Gasteiger partial charge >= 0.3 is 0 Å². The third-order valence-corrected chi connectivity index (χ3v) is 4.61. The number of aromatic nitrogens is 2. The quantitative estimate of drug-likeness (QED) is 0.547. The van der Waals surface area contributed by atoms with Crippen LogP contribution in [0.15, 0.2) is 30.6 Å². The Morgan fingerprint density at radius 1 is 1.18 bits per heavy atom. The predicted octanol–water partition coefficient (Wildman–Crippen LogP) is 3.81. The lowest BCUT2D eigenvalue weighted by Gasteiger charge is -2.09. The Kier molecular flexibility index (Phi) is 5.67. The molecule has 0 bridgehead atoms. The van der Waals surface area contributed by atoms with Crippen LogP contribution in [0.1, 0.15) is 40.1 Å². The number of carbonyl (C=O) groups excluding carboxylic acids is 3. The number of pyridine rings is 1. The van der Waals surface area contributed by atoms with Gasteiger partial charge in [0.2, 0.25) is 5.91 Å². The number of H-pyrrole nitrogens is 1. The van der Waals surface area contributed by atoms with Gasteiger partial charge in [0.1, 0.15) is 0 Å². The molecular formula is C19H16Cl2N4O3. The van der Waals surface area contributed by atoms with Crippen LogP contribution in [-0.2, 0) is 4.79 Å². The van der Waals surface area contributed by atoms with Crippen molar-refractivity contribution in [3.63, 3.8) is 0 Å². The van der Waals surface area contributed by atoms with E-state index in [4.69, 9.17) is 23.2 Å². The number of benzene rings is 1. The summed E-state index contributed by atoms with van der Waals surface area (Å²) < 4.78 is 0. The summed E-state index contributed by atoms with van der Waals surface area (Å²) in [6.45, 7) is 3.61. The van der Waals surface area contributed by atoms with Gasteiger partial charge in [-0.1, -0.05) is 23.2 Å². The summed E-state index contributed by atoms with van der Waals surface area (Å²) in [5.41, 5.74) is 1.19. The molecule has 0 fully saturated rings. The van der Waals surface area contributed by atoms with Crippen molar-refractivity contribution < 1.29 is 14.4 Å². The highest BCUT2D eigenvalue weighted by Crippen LogP contribution is 2.32. The van der Waals surface area contributed by atoms with Crippen LogP contribution < -0.4 is 10.6 Å². The number of nitrogens with one attached hydrogen (secondary N) is 3. The number of hydrogen-bond donors (Lipinski definition) is 3. The normalized spacial score (nSPS) is 10.7. The van der Waals surface area contributed by atoms with Crippen molar-refractivity contribution in [2.75, 3.05) is 11.9 Å². The topological polar surface area (TPSA) is 104 Å². The van der Waals surface area contributed by atoms with E-state index in [0.717, 1.165) is 0 Å². The first-order chi connectivity index (χ1) is 13.3. The van der Waals surface area contributed by atoms with E-state index in [-0.39, 0.29) is 33.0 Å². The maximum Gasteiger partial charge on any atom is 0.251 e. The fraction of sp³-hybridized carbons (Fsp3) is 0.158. The zero-order valence-electron chi connectivity index (χ0n) is 15.0. The van der Waals surface area contributed by atoms with Crippen LogP contribution in [0.2, 0.25) is 10.0 Å². The van der Waals surface area contributed by atoms with Gasteiger partial charge in [-0.2, -0.15) is 0 Å². The molecule has 2 amide bonds. The van der Waals surface area contributed by atoms with Gasteiger partial charge in [0, 0.05) is 42.4 Å². The molecule has 0 atom stereocenters. The molecule has 28 heavy (non-hydrogen) atoms. The van der Waals surface area contributed by atoms with Crippen molar-refractivity contribution in [2.45, 2.75) is 13.8 Å². The highest BCUT2D eigenvalue weighted by molar-refractivity contribution is 6.42. The van der Waals surface area contributed by atoms with Crippen molar-refractivity contribution in [1.82, 2.24) is 15.3 Å². The summed E-state index contributed by atoms with van der Waals surface area (Å²) in [6, 6.07) is 4.46. The fourth-order valence-corrected chi connectivity index (χ4v) is 3.48. The van der Waals surface area contributed by atoms with Crippen LogP contribution in [0, 0.1) is 0 Å². The average Bonchev–Trinajstić information content (AvgIpc) is 3.06. The van der Waals surface area contributed by atoms with E-state index < -0.39 is 5.78 Å². The maximum absolute atomic E-state index is 13.1. The van der Waals surface area contributed by atoms with Crippen LogP contribution in [0.5, 0.6) is 0 Å². The molecule has 2 heterocycles. The van der Waals surface area contributed by atoms with Crippen molar-refractivity contribution in [3.05, 3.63) is 57.3 Å². The Morgan fingerprint density at radius 2 is 1.86 bits per heavy atom. The second-order valence-electron chi connectivity index (χ2n) is 5.97. The molecule has 7 nitrogen and oxygen atoms in total. The first-order valence-electron chi connectivity index (χ1n) is 8.39. The molecule has 0 radical (unpaired) electrons. The second-order valence-corrected chi connectivity index (χ2v) is 6.78. The van der Waals surface area contributed by atoms with Crippen molar-refractivity contribution in [1.29, 1.82) is 0 Å². The highest BCUT2D eigenvalue weighted by Gasteiger charge is 2.23. The molecule has 3 aromatic rings. The van der Waals surface area contributed by atoms with E-state index in [2.05, 4.69) is 20.6 Å². The number of carbonyl (C=O) groups is 3. The lowest BCUT2D eigenvalue weighted by molar-refractivity contribution is -0.114. The zero-order chi connectivity index (χ0) is 20.4. The van der Waals surface area contributed by atoms with Gasteiger partial charge in [0.05, 0.1) is 21.1 Å². The molecule has 1 aromatic carbocycles. The minimum atomic E-state index is -0.413. The van der Waals surface area contributed by atoms with E-state index in [1.54, 1.807) is 13.0 Å². The first-order valence-corrected chi connectivity index (χ1v) is 9.14. The standard InChI is InChI=1S/C19H16Cl2N4O3/c1-3-22-19(28)10-6-13(20)15(14(21)7-10)17(27)12-8-24-16-11(12)4-5-23-18(16)25-9(2)26/h4-8,24H,3H2,1-2H3,(H,22,28)(H,23,25,26). The number of aromatic amines is 1. The summed E-state index contributed by atoms with van der Waals surface area (Å²) in [6.07, 6.45) is 2.99. The van der Waals surface area contributed by atoms with E-state index in [1.807, 2.05) is 0 Å². The average molecular weight is 419 g/mol. The molecule has 0 unspecified atom stereocenters. The maximum atomic E-state index is 13.1. The lowest BCUT2D eigenvalue weighted by Crippen LogP contribution is -2.22. The summed E-state index contributed by atoms with van der Waals surface area (Å²) in [4.78, 5) is 43.5. The summed E-state index contributed by atoms with van der Waals surface area (Å²) in [5, 5.41) is 5.96. The number of hydrogen-bond acceptors (Lipinski definition) is 4. The number of rotatable bonds is 5. The number of amides is 2. The zero-order valence-corrected chi connectivity index (χ0v) is 16.5. The number of anilines is 1. The molecule has 0 saturated carbocycles. The van der Waals surface area contributed by atoms with Gasteiger partial charge in [-0.25, -0.2) is 4.98 Å². The number of fused-ring (bicyclic) bond motifs is 1. The largest absolute Gasteiger partial charge is 0.357 e. The number of nitrogens with zero attached hydrogens (tertiary/aromatic N) is 1. The molecular weight excluding hydrogens is 403 g/mol. The Labute approximate surface area is 170 Å². The molecule has 144 valence electrons. The summed E-state index contributed by atoms with van der Waals surface area (Å²) >= 11 is 12.6. The Hall–Kier alpha value is -2.90. The fourth-order valence-electron chi connectivity index (χ4n) is 2.82. The van der Waals surface area contributed by atoms with E-state index >= 15 is 0 Å². The minimum Gasteiger partial charge on any atom is -0.357 e. The number of halogens is 2. The third-order valence-electron chi connectivity index (χ3n) is 4.01. The molecule has 3 N–H and O–H groups in total. The lowest BCUT2D eigenvalue weighted by atomic mass is 10.0. The molecule has 2 aromatic heterocycles. The van der Waals surface area contributed by atoms with E-state index in [0.29, 0.717) is 28.8 Å². The van der Waals surface area contributed by atoms with Gasteiger partial charge in [-0.3, -0.25) is 14.4 Å². The van der Waals surface area contributed by atoms with Gasteiger partial charge in [0.25, 0.3) is 5.91 Å². The Balaban J connectivity index is 2.05. The molecule has 9 heteroatoms. The van der Waals surface area contributed by atoms with Crippen LogP contribution in [0.25, 0.3) is 10.9 Å². The van der Waals surface area contributed by atoms with Crippen molar-refractivity contribution in [2.24, 2.45) is 0 Å². The summed E-state index contributed by atoms with van der Waals surface area (Å²) in [5.74, 6) is -0.713. The molecule has 0 aliphatic rings. The monoisotopic (exact) mass is 418 g/mol. The van der Waals surface area contributed by atoms with E-state index in [9.17, 15) is 14.4 Å². The van der Waals surface area contributed by atoms with Crippen molar-refractivity contribution in [3.8, 4) is 0 Å². The highest BCUT2D eigenvalue weighted by atomic mass is 35.5. The van der Waals surface area contributed by atoms with Crippen LogP contribution >= 0.6 is 23.2 Å². The SMILES string of the molecule is CCNC(=O)c1cc(Cl)c(C(=O)c2c[nH]c3c(NC(C)=O)nccc23)c(Cl)c1. The van der Waals surface area contributed by atoms with Crippen LogP contribution in [0.4, 0.5) is 5.82 Å². The van der Waals surface area contributed by atoms with Gasteiger partial charge < -0.3 is 15.6 Å². The number of ketones is 1. The molecule has 0 saturated heterocycles. The van der Waals surface area contributed by atoms with Gasteiger partial charge in [-0.05, 0) is 25.1 Å². The Morgan fingerprint density at radius 3 is 2.46 bits per heavy atom. The molecule has 3 rings (SSSR count). The van der Waals surface area contributed by atoms with Gasteiger partial charge in [-0.15, -0.1) is 0 Å². The Bertz CT molecular complexity index is 1080. The predicted molar refractivity (Wildman–Crippen MR) is 108 cm³/mol. The second kappa shape index (κ2) is 8.00. The molecule has 0 aliphatic carbocycles. The van der Waals surface area contributed by atoms with Crippen LogP contribution in [0.3, 0.4) is 0 Å². The molecule has 0 spiro atoms. The third kappa shape index (κ3) is 3.72. The summed E-state index contributed by atoms with van der Waals surface area (Å²) in [7, 11) is 0. The van der Waals surface area contributed by atoms with Crippen molar-refractivity contribution >= 4 is 57.5 Å². The minimum absolute atomic E-state index is 0.0734. The first kappa shape index (κ1) is 19.9. The molecule has 0 aliphatic heterocycles. The van der Waals surface area contributed by atoms with Crippen LogP contribution in [-0.4, -0.2) is 34.1 Å². The van der Waals surface area contributed by atoms with Gasteiger partial charge in [0.15, 0.2) is 11.6 Å².